The van der Waals surface area contributed by atoms with Crippen LogP contribution < -0.4 is 19.7 Å². The number of ether oxygens (including phenoxy) is 2. The van der Waals surface area contributed by atoms with Gasteiger partial charge in [0, 0.05) is 43.2 Å². The number of piperidine rings is 1. The van der Waals surface area contributed by atoms with E-state index in [1.54, 1.807) is 27.2 Å². The Morgan fingerprint density at radius 2 is 1.75 bits per heavy atom. The topological polar surface area (TPSA) is 83.5 Å². The summed E-state index contributed by atoms with van der Waals surface area (Å²) in [4.78, 5) is 34.4. The Labute approximate surface area is 213 Å². The van der Waals surface area contributed by atoms with Crippen molar-refractivity contribution in [1.82, 2.24) is 4.90 Å². The second-order valence-electron chi connectivity index (χ2n) is 9.26. The summed E-state index contributed by atoms with van der Waals surface area (Å²) in [6.45, 7) is 7.37. The van der Waals surface area contributed by atoms with E-state index in [2.05, 4.69) is 10.2 Å². The molecule has 1 unspecified atom stereocenters. The van der Waals surface area contributed by atoms with E-state index < -0.39 is 5.92 Å². The predicted octanol–water partition coefficient (Wildman–Crippen LogP) is 4.76. The second kappa shape index (κ2) is 11.6. The average molecular weight is 493 g/mol. The first-order chi connectivity index (χ1) is 17.4. The Kier molecular flexibility index (Phi) is 8.25. The lowest BCUT2D eigenvalue weighted by atomic mass is 9.93. The number of methoxy groups -OCH3 is 2. The molecule has 8 nitrogen and oxygen atoms in total. The first kappa shape index (κ1) is 25.7. The molecule has 1 fully saturated rings. The Balaban J connectivity index is 1.54. The maximum Gasteiger partial charge on any atom is 0.237 e. The van der Waals surface area contributed by atoms with Crippen LogP contribution in [-0.2, 0) is 9.59 Å². The van der Waals surface area contributed by atoms with Gasteiger partial charge in [-0.2, -0.15) is 0 Å². The Bertz CT molecular complexity index is 1120. The third kappa shape index (κ3) is 5.54. The van der Waals surface area contributed by atoms with Gasteiger partial charge in [0.15, 0.2) is 11.5 Å². The number of hydrogen-bond acceptors (Lipinski definition) is 6. The van der Waals surface area contributed by atoms with Crippen LogP contribution in [0.2, 0.25) is 0 Å². The van der Waals surface area contributed by atoms with Crippen LogP contribution >= 0.6 is 0 Å². The Morgan fingerprint density at radius 3 is 2.36 bits per heavy atom. The van der Waals surface area contributed by atoms with Crippen LogP contribution in [-0.4, -0.2) is 62.8 Å². The minimum absolute atomic E-state index is 0.0288. The Morgan fingerprint density at radius 1 is 1.08 bits per heavy atom. The minimum Gasteiger partial charge on any atom is -0.493 e. The van der Waals surface area contributed by atoms with Crippen LogP contribution in [0.4, 0.5) is 17.1 Å². The molecule has 0 aromatic heterocycles. The SMILES string of the molecule is CCC(=Nc1ccc(N(CCN2CCCCC2)C(C)=O)cc1)C1C(=O)Nc2cc(OC)c(OC)cc21. The fourth-order valence-electron chi connectivity index (χ4n) is 5.03. The molecule has 8 heteroatoms. The third-order valence-corrected chi connectivity index (χ3v) is 6.98. The molecule has 0 aliphatic carbocycles. The number of benzene rings is 2. The van der Waals surface area contributed by atoms with Crippen molar-refractivity contribution < 1.29 is 19.1 Å². The van der Waals surface area contributed by atoms with Crippen LogP contribution in [0.25, 0.3) is 0 Å². The molecule has 2 aromatic carbocycles. The molecule has 1 saturated heterocycles. The maximum absolute atomic E-state index is 12.9. The molecule has 2 heterocycles. The normalized spacial score (nSPS) is 17.9. The van der Waals surface area contributed by atoms with Crippen molar-refractivity contribution in [2.75, 3.05) is 50.6 Å². The van der Waals surface area contributed by atoms with Crippen LogP contribution in [0.15, 0.2) is 41.4 Å². The summed E-state index contributed by atoms with van der Waals surface area (Å²) in [5.74, 6) is 0.561. The molecule has 2 aliphatic heterocycles. The quantitative estimate of drug-likeness (QED) is 0.510. The summed E-state index contributed by atoms with van der Waals surface area (Å²) >= 11 is 0. The zero-order valence-corrected chi connectivity index (χ0v) is 21.7. The number of carbonyl (C=O) groups excluding carboxylic acids is 2. The van der Waals surface area contributed by atoms with E-state index in [9.17, 15) is 9.59 Å². The number of aliphatic imine (C=N–C) groups is 1. The summed E-state index contributed by atoms with van der Waals surface area (Å²) in [7, 11) is 3.15. The first-order valence-corrected chi connectivity index (χ1v) is 12.7. The maximum atomic E-state index is 12.9. The van der Waals surface area contributed by atoms with E-state index in [-0.39, 0.29) is 11.8 Å². The number of anilines is 2. The van der Waals surface area contributed by atoms with Crippen molar-refractivity contribution >= 4 is 34.6 Å². The predicted molar refractivity (Wildman–Crippen MR) is 143 cm³/mol. The van der Waals surface area contributed by atoms with Gasteiger partial charge in [0.05, 0.1) is 19.9 Å². The van der Waals surface area contributed by atoms with Gasteiger partial charge in [-0.05, 0) is 68.2 Å². The van der Waals surface area contributed by atoms with Gasteiger partial charge in [0.25, 0.3) is 0 Å². The fraction of sp³-hybridized carbons (Fsp3) is 0.464. The molecule has 2 amide bonds. The highest BCUT2D eigenvalue weighted by Gasteiger charge is 2.35. The summed E-state index contributed by atoms with van der Waals surface area (Å²) in [5, 5.41) is 2.95. The number of likely N-dealkylation sites (tertiary alicyclic amines) is 1. The van der Waals surface area contributed by atoms with Gasteiger partial charge < -0.3 is 24.6 Å². The van der Waals surface area contributed by atoms with Crippen molar-refractivity contribution in [2.45, 2.75) is 45.4 Å². The standard InChI is InChI=1S/C28H36N4O4/c1-5-23(27-22-17-25(35-3)26(36-4)18-24(22)30-28(27)34)29-20-9-11-21(12-10-20)32(19(2)33)16-15-31-13-7-6-8-14-31/h9-12,17-18,27H,5-8,13-16H2,1-4H3,(H,30,34). The minimum atomic E-state index is -0.497. The molecule has 0 saturated carbocycles. The second-order valence-corrected chi connectivity index (χ2v) is 9.26. The molecule has 1 atom stereocenters. The van der Waals surface area contributed by atoms with Gasteiger partial charge in [-0.1, -0.05) is 13.3 Å². The lowest BCUT2D eigenvalue weighted by molar-refractivity contribution is -0.117. The molecule has 1 N–H and O–H groups in total. The molecule has 36 heavy (non-hydrogen) atoms. The third-order valence-electron chi connectivity index (χ3n) is 6.98. The summed E-state index contributed by atoms with van der Waals surface area (Å²) in [5.41, 5.74) is 3.91. The lowest BCUT2D eigenvalue weighted by Gasteiger charge is -2.29. The number of hydrogen-bond donors (Lipinski definition) is 1. The van der Waals surface area contributed by atoms with Crippen LogP contribution in [0.5, 0.6) is 11.5 Å². The van der Waals surface area contributed by atoms with Crippen LogP contribution in [0, 0.1) is 0 Å². The van der Waals surface area contributed by atoms with E-state index in [1.165, 1.54) is 19.3 Å². The molecular weight excluding hydrogens is 456 g/mol. The number of nitrogens with one attached hydrogen (secondary N) is 1. The van der Waals surface area contributed by atoms with Gasteiger partial charge >= 0.3 is 0 Å². The number of carbonyl (C=O) groups is 2. The highest BCUT2D eigenvalue weighted by Crippen LogP contribution is 2.42. The van der Waals surface area contributed by atoms with Crippen molar-refractivity contribution in [3.05, 3.63) is 42.0 Å². The van der Waals surface area contributed by atoms with Crippen LogP contribution in [0.1, 0.15) is 51.0 Å². The smallest absolute Gasteiger partial charge is 0.237 e. The van der Waals surface area contributed by atoms with E-state index in [0.717, 1.165) is 42.3 Å². The monoisotopic (exact) mass is 492 g/mol. The highest BCUT2D eigenvalue weighted by molar-refractivity contribution is 6.19. The molecule has 2 aromatic rings. The van der Waals surface area contributed by atoms with Crippen molar-refractivity contribution in [1.29, 1.82) is 0 Å². The number of amides is 2. The van der Waals surface area contributed by atoms with E-state index in [1.807, 2.05) is 42.2 Å². The highest BCUT2D eigenvalue weighted by atomic mass is 16.5. The van der Waals surface area contributed by atoms with Gasteiger partial charge in [0.2, 0.25) is 11.8 Å². The molecule has 0 radical (unpaired) electrons. The average Bonchev–Trinajstić information content (AvgIpc) is 3.22. The number of fused-ring (bicyclic) bond motifs is 1. The molecule has 2 aliphatic rings. The fourth-order valence-corrected chi connectivity index (χ4v) is 5.03. The first-order valence-electron chi connectivity index (χ1n) is 12.7. The van der Waals surface area contributed by atoms with E-state index in [4.69, 9.17) is 14.5 Å². The molecular formula is C28H36N4O4. The van der Waals surface area contributed by atoms with E-state index >= 15 is 0 Å². The summed E-state index contributed by atoms with van der Waals surface area (Å²) in [6.07, 6.45) is 4.38. The van der Waals surface area contributed by atoms with Gasteiger partial charge in [-0.15, -0.1) is 0 Å². The van der Waals surface area contributed by atoms with Gasteiger partial charge in [-0.25, -0.2) is 0 Å². The molecule has 4 rings (SSSR count). The van der Waals surface area contributed by atoms with Crippen molar-refractivity contribution in [2.24, 2.45) is 4.99 Å². The largest absolute Gasteiger partial charge is 0.493 e. The van der Waals surface area contributed by atoms with Crippen molar-refractivity contribution in [3.8, 4) is 11.5 Å². The zero-order valence-electron chi connectivity index (χ0n) is 21.7. The molecule has 0 bridgehead atoms. The number of nitrogens with zero attached hydrogens (tertiary/aromatic N) is 3. The number of rotatable bonds is 9. The molecule has 0 spiro atoms. The molecule has 192 valence electrons. The Hall–Kier alpha value is -3.39. The summed E-state index contributed by atoms with van der Waals surface area (Å²) in [6, 6.07) is 11.3. The zero-order chi connectivity index (χ0) is 25.7. The van der Waals surface area contributed by atoms with Gasteiger partial charge in [0.1, 0.15) is 5.92 Å². The lowest BCUT2D eigenvalue weighted by Crippen LogP contribution is -2.39. The van der Waals surface area contributed by atoms with Gasteiger partial charge in [-0.3, -0.25) is 14.6 Å². The van der Waals surface area contributed by atoms with E-state index in [0.29, 0.717) is 30.2 Å². The van der Waals surface area contributed by atoms with Crippen LogP contribution in [0.3, 0.4) is 0 Å². The van der Waals surface area contributed by atoms with Crippen molar-refractivity contribution in [3.63, 3.8) is 0 Å². The summed E-state index contributed by atoms with van der Waals surface area (Å²) < 4.78 is 10.8.